The van der Waals surface area contributed by atoms with Crippen LogP contribution in [0.3, 0.4) is 0 Å². The monoisotopic (exact) mass is 1800 g/mol. The van der Waals surface area contributed by atoms with Gasteiger partial charge < -0.3 is 14.4 Å². The second kappa shape index (κ2) is 32.4. The summed E-state index contributed by atoms with van der Waals surface area (Å²) in [6.45, 7) is 9.27. The first-order valence-electron chi connectivity index (χ1n) is 43.6. The van der Waals surface area contributed by atoms with Crippen LogP contribution in [0.15, 0.2) is 425 Å². The van der Waals surface area contributed by atoms with Crippen LogP contribution in [-0.2, 0) is 30.5 Å². The number of thiophene rings is 3. The maximum atomic E-state index is 13.8. The fourth-order valence-corrected chi connectivity index (χ4v) is 26.5. The summed E-state index contributed by atoms with van der Waals surface area (Å²) in [4.78, 5) is 35.7. The number of para-hydroxylation sites is 6. The molecule has 0 bridgehead atoms. The minimum absolute atomic E-state index is 0.144. The molecule has 22 aromatic rings. The molecule has 6 aromatic heterocycles. The number of hydrogen-bond acceptors (Lipinski definition) is 15. The van der Waals surface area contributed by atoms with Gasteiger partial charge in [0.25, 0.3) is 0 Å². The van der Waals surface area contributed by atoms with Gasteiger partial charge in [0, 0.05) is 74.4 Å². The highest BCUT2D eigenvalue weighted by atomic mass is 32.2. The molecule has 0 unspecified atom stereocenters. The van der Waals surface area contributed by atoms with Gasteiger partial charge in [-0.05, 0) is 164 Å². The first kappa shape index (κ1) is 81.2. The van der Waals surface area contributed by atoms with E-state index in [4.69, 9.17) is 29.9 Å². The summed E-state index contributed by atoms with van der Waals surface area (Å²) < 4.78 is 60.4. The lowest BCUT2D eigenvalue weighted by molar-refractivity contribution is 0.570. The summed E-state index contributed by atoms with van der Waals surface area (Å²) in [6, 6.07) is 135. The fourth-order valence-electron chi connectivity index (χ4n) is 19.2. The van der Waals surface area contributed by atoms with Crippen molar-refractivity contribution in [3.8, 4) is 95.6 Å². The number of aromatic nitrogens is 7. The van der Waals surface area contributed by atoms with Crippen LogP contribution in [0.4, 0.5) is 33.4 Å². The second-order valence-corrected chi connectivity index (χ2v) is 40.8. The van der Waals surface area contributed by atoms with Crippen molar-refractivity contribution in [2.45, 2.75) is 58.1 Å². The molecule has 132 heavy (non-hydrogen) atoms. The van der Waals surface area contributed by atoms with E-state index < -0.39 is 19.7 Å². The van der Waals surface area contributed by atoms with Gasteiger partial charge in [-0.15, -0.1) is 34.0 Å². The molecule has 16 aromatic carbocycles. The molecule has 0 amide bonds. The molecule has 13 nitrogen and oxygen atoms in total. The molecule has 0 N–H and O–H groups in total. The smallest absolute Gasteiger partial charge is 0.209 e. The van der Waals surface area contributed by atoms with Gasteiger partial charge in [0.2, 0.25) is 19.7 Å². The number of anilines is 6. The summed E-state index contributed by atoms with van der Waals surface area (Å²) in [6.07, 6.45) is 0. The molecule has 0 atom stereocenters. The van der Waals surface area contributed by atoms with Gasteiger partial charge in [-0.1, -0.05) is 319 Å². The van der Waals surface area contributed by atoms with Crippen LogP contribution < -0.4 is 9.80 Å². The van der Waals surface area contributed by atoms with E-state index in [9.17, 15) is 16.8 Å². The van der Waals surface area contributed by atoms with Gasteiger partial charge in [-0.25, -0.2) is 46.7 Å². The Morgan fingerprint density at radius 3 is 1.20 bits per heavy atom. The molecule has 0 radical (unpaired) electrons. The molecular formula is C114H79N9O4S5. The zero-order valence-electron chi connectivity index (χ0n) is 71.9. The van der Waals surface area contributed by atoms with Crippen molar-refractivity contribution < 1.29 is 16.8 Å². The third-order valence-electron chi connectivity index (χ3n) is 25.5. The molecule has 0 spiro atoms. The van der Waals surface area contributed by atoms with Crippen molar-refractivity contribution >= 4 is 139 Å². The van der Waals surface area contributed by atoms with Crippen molar-refractivity contribution in [1.82, 2.24) is 34.5 Å². The number of hydrogen-bond donors (Lipinski definition) is 0. The average Bonchev–Trinajstić information content (AvgIpc) is 1.55. The van der Waals surface area contributed by atoms with Crippen LogP contribution in [0.2, 0.25) is 0 Å². The van der Waals surface area contributed by atoms with E-state index in [1.165, 1.54) is 84.1 Å². The third-order valence-corrected chi connectivity index (χ3v) is 32.7. The molecule has 18 heteroatoms. The molecule has 0 aliphatic carbocycles. The summed E-state index contributed by atoms with van der Waals surface area (Å²) >= 11 is 5.12. The number of benzene rings is 16. The van der Waals surface area contributed by atoms with Gasteiger partial charge in [-0.3, -0.25) is 0 Å². The Hall–Kier alpha value is -15.3. The van der Waals surface area contributed by atoms with Gasteiger partial charge in [0.15, 0.2) is 34.9 Å². The van der Waals surface area contributed by atoms with Gasteiger partial charge >= 0.3 is 0 Å². The Morgan fingerprint density at radius 2 is 0.667 bits per heavy atom. The summed E-state index contributed by atoms with van der Waals surface area (Å²) in [5.74, 6) is 3.98. The average molecular weight is 1800 g/mol. The zero-order valence-corrected chi connectivity index (χ0v) is 76.0. The van der Waals surface area contributed by atoms with Crippen molar-refractivity contribution in [2.75, 3.05) is 9.80 Å². The number of fused-ring (bicyclic) bond motifs is 12. The number of sulfone groups is 2. The predicted octanol–water partition coefficient (Wildman–Crippen LogP) is 29.7. The normalized spacial score (nSPS) is 13.9. The van der Waals surface area contributed by atoms with E-state index in [-0.39, 0.29) is 30.4 Å². The van der Waals surface area contributed by atoms with E-state index in [0.717, 1.165) is 103 Å². The molecule has 3 aliphatic rings. The van der Waals surface area contributed by atoms with Crippen LogP contribution >= 0.6 is 34.0 Å². The molecule has 3 aliphatic heterocycles. The van der Waals surface area contributed by atoms with Crippen molar-refractivity contribution in [3.63, 3.8) is 0 Å². The van der Waals surface area contributed by atoms with Crippen LogP contribution in [0, 0.1) is 0 Å². The van der Waals surface area contributed by atoms with E-state index in [1.807, 2.05) is 109 Å². The first-order chi connectivity index (χ1) is 64.5. The van der Waals surface area contributed by atoms with Gasteiger partial charge in [0.05, 0.1) is 69.5 Å². The van der Waals surface area contributed by atoms with Crippen LogP contribution in [-0.4, -0.2) is 51.3 Å². The summed E-state index contributed by atoms with van der Waals surface area (Å²) in [5, 5.41) is 8.75. The molecule has 0 fully saturated rings. The van der Waals surface area contributed by atoms with E-state index in [2.05, 4.69) is 297 Å². The fraction of sp³-hybridized carbons (Fsp3) is 0.0526. The SMILES string of the molecule is CC1(C)c2ccccc2N(c2c(-c3nc(-c4ccccc4)nc(-c4ccccc4)n3)sc3ccccc23)c2ccccc21.CC1(C)c2ccccc2N(c2sc3ccccc3c2-c2nc(-c3ccccc3)nc(-c3ccccc3)n2)c2ccccc21.O=S1(=O)c2ccccc2S(=O)(=O)c2cc(-c3cc4sccc4cc3-c3ccc4c(c3)c3ccccc3n4-c3ccccc3)ccc21. The Kier molecular flexibility index (Phi) is 20.0. The largest absolute Gasteiger partial charge is 0.309 e. The third kappa shape index (κ3) is 13.7. The highest BCUT2D eigenvalue weighted by molar-refractivity contribution is 7.97. The molecule has 634 valence electrons. The lowest BCUT2D eigenvalue weighted by atomic mass is 9.73. The Bertz CT molecular complexity index is 8380. The van der Waals surface area contributed by atoms with Crippen molar-refractivity contribution in [1.29, 1.82) is 0 Å². The van der Waals surface area contributed by atoms with Crippen molar-refractivity contribution in [2.24, 2.45) is 0 Å². The first-order valence-corrected chi connectivity index (χ1v) is 49.1. The van der Waals surface area contributed by atoms with E-state index in [1.54, 1.807) is 52.2 Å². The Balaban J connectivity index is 0.000000112. The van der Waals surface area contributed by atoms with Gasteiger partial charge in [0.1, 0.15) is 5.00 Å². The van der Waals surface area contributed by atoms with Gasteiger partial charge in [-0.2, -0.15) is 0 Å². The lowest BCUT2D eigenvalue weighted by Gasteiger charge is -2.42. The molecule has 0 saturated heterocycles. The Labute approximate surface area is 775 Å². The highest BCUT2D eigenvalue weighted by Gasteiger charge is 2.43. The van der Waals surface area contributed by atoms with Crippen LogP contribution in [0.1, 0.15) is 49.9 Å². The molecular weight excluding hydrogens is 1720 g/mol. The minimum Gasteiger partial charge on any atom is -0.309 e. The van der Waals surface area contributed by atoms with Crippen molar-refractivity contribution in [3.05, 3.63) is 428 Å². The summed E-state index contributed by atoms with van der Waals surface area (Å²) in [5.41, 5.74) is 22.2. The lowest BCUT2D eigenvalue weighted by Crippen LogP contribution is -2.30. The highest BCUT2D eigenvalue weighted by Crippen LogP contribution is 2.60. The number of nitrogens with zero attached hydrogens (tertiary/aromatic N) is 9. The maximum Gasteiger partial charge on any atom is 0.209 e. The predicted molar refractivity (Wildman–Crippen MR) is 541 cm³/mol. The van der Waals surface area contributed by atoms with Crippen LogP contribution in [0.25, 0.3) is 148 Å². The minimum atomic E-state index is -4.07. The van der Waals surface area contributed by atoms with E-state index in [0.29, 0.717) is 40.5 Å². The topological polar surface area (TPSA) is 157 Å². The van der Waals surface area contributed by atoms with E-state index >= 15 is 0 Å². The maximum absolute atomic E-state index is 13.8. The quantitative estimate of drug-likeness (QED) is 0.121. The standard InChI is InChI=1S/2C38H28N4S.C38H23NO4S3/c1-38(2)28-20-10-12-22-30(28)42(31-23-13-11-21-29(31)38)33-27-19-9-14-24-32(27)43-34(33)37-40-35(25-15-5-3-6-16-25)39-36(41-37)26-17-7-4-8-18-26;1-38(2)28-20-10-12-22-30(28)42(31-23-13-11-21-29(31)38)37-33(27-19-9-14-24-32(27)43-37)36-40-34(25-15-5-3-6-16-25)39-35(41-36)26-17-7-4-8-18-26;40-45(41)35-12-6-7-13-36(35)46(42,43)38-22-25(15-17-37(38)45)30-23-34-26(18-19-44-34)21-29(30)24-14-16-33-31(20-24)28-10-4-5-11-32(28)39(33)27-8-2-1-3-9-27/h2*3-24H,1-2H3;1-23H. The molecule has 25 rings (SSSR count). The second-order valence-electron chi connectivity index (χ2n) is 34.0. The zero-order chi connectivity index (χ0) is 89.1. The molecule has 0 saturated carbocycles. The molecule has 9 heterocycles. The van der Waals surface area contributed by atoms with Crippen LogP contribution in [0.5, 0.6) is 0 Å². The Morgan fingerprint density at radius 1 is 0.280 bits per heavy atom. The number of rotatable bonds is 11. The summed E-state index contributed by atoms with van der Waals surface area (Å²) in [7, 11) is -8.07.